The van der Waals surface area contributed by atoms with Crippen molar-refractivity contribution in [3.05, 3.63) is 23.8 Å². The highest BCUT2D eigenvalue weighted by molar-refractivity contribution is 5.94. The smallest absolute Gasteiger partial charge is 0.251 e. The Morgan fingerprint density at radius 2 is 2.00 bits per heavy atom. The third-order valence-electron chi connectivity index (χ3n) is 4.44. The molecule has 0 radical (unpaired) electrons. The van der Waals surface area contributed by atoms with Crippen LogP contribution >= 0.6 is 12.4 Å². The van der Waals surface area contributed by atoms with Gasteiger partial charge in [-0.1, -0.05) is 0 Å². The van der Waals surface area contributed by atoms with Crippen LogP contribution in [0.1, 0.15) is 36.0 Å². The van der Waals surface area contributed by atoms with Crippen LogP contribution in [0.4, 0.5) is 0 Å². The Balaban J connectivity index is 0.00000192. The van der Waals surface area contributed by atoms with Crippen LogP contribution in [-0.4, -0.2) is 38.8 Å². The molecule has 0 atom stereocenters. The molecule has 2 fully saturated rings. The van der Waals surface area contributed by atoms with Crippen LogP contribution in [0, 0.1) is 5.92 Å². The minimum atomic E-state index is -0.0578. The lowest BCUT2D eigenvalue weighted by molar-refractivity contribution is 0.0941. The van der Waals surface area contributed by atoms with Gasteiger partial charge in [-0.3, -0.25) is 4.79 Å². The fourth-order valence-electron chi connectivity index (χ4n) is 2.92. The van der Waals surface area contributed by atoms with Gasteiger partial charge in [0, 0.05) is 31.1 Å². The number of hydrogen-bond acceptors (Lipinski definition) is 4. The molecule has 1 aromatic rings. The molecule has 1 saturated carbocycles. The third-order valence-corrected chi connectivity index (χ3v) is 4.44. The van der Waals surface area contributed by atoms with Crippen molar-refractivity contribution < 1.29 is 14.3 Å². The van der Waals surface area contributed by atoms with Gasteiger partial charge in [0.1, 0.15) is 0 Å². The van der Waals surface area contributed by atoms with Crippen molar-refractivity contribution in [2.45, 2.75) is 31.8 Å². The minimum absolute atomic E-state index is 0. The van der Waals surface area contributed by atoms with Gasteiger partial charge in [0.15, 0.2) is 11.5 Å². The second kappa shape index (κ2) is 8.41. The maximum atomic E-state index is 12.2. The normalized spacial score (nSPS) is 18.0. The molecule has 1 aliphatic heterocycles. The van der Waals surface area contributed by atoms with Gasteiger partial charge in [-0.15, -0.1) is 12.4 Å². The fraction of sp³-hybridized carbons (Fsp3) is 0.588. The number of methoxy groups -OCH3 is 1. The van der Waals surface area contributed by atoms with Crippen LogP contribution in [0.15, 0.2) is 18.2 Å². The van der Waals surface area contributed by atoms with Crippen molar-refractivity contribution in [1.29, 1.82) is 0 Å². The summed E-state index contributed by atoms with van der Waals surface area (Å²) in [6.07, 6.45) is 4.92. The van der Waals surface area contributed by atoms with Crippen molar-refractivity contribution in [2.75, 3.05) is 26.7 Å². The average molecular weight is 341 g/mol. The lowest BCUT2D eigenvalue weighted by Gasteiger charge is -2.27. The van der Waals surface area contributed by atoms with E-state index >= 15 is 0 Å². The lowest BCUT2D eigenvalue weighted by atomic mass is 10.0. The largest absolute Gasteiger partial charge is 0.493 e. The van der Waals surface area contributed by atoms with Crippen molar-refractivity contribution in [2.24, 2.45) is 5.92 Å². The first-order chi connectivity index (χ1) is 10.8. The molecule has 1 aliphatic carbocycles. The lowest BCUT2D eigenvalue weighted by Crippen LogP contribution is -2.48. The molecule has 128 valence electrons. The average Bonchev–Trinajstić information content (AvgIpc) is 2.99. The van der Waals surface area contributed by atoms with E-state index in [2.05, 4.69) is 10.6 Å². The molecule has 3 rings (SSSR count). The number of nitrogens with one attached hydrogen (secondary N) is 2. The van der Waals surface area contributed by atoms with E-state index in [1.54, 1.807) is 19.2 Å². The van der Waals surface area contributed by atoms with Crippen LogP contribution in [-0.2, 0) is 0 Å². The molecule has 5 nitrogen and oxygen atoms in total. The zero-order chi connectivity index (χ0) is 15.4. The van der Waals surface area contributed by atoms with Gasteiger partial charge in [-0.05, 0) is 43.9 Å². The quantitative estimate of drug-likeness (QED) is 0.834. The van der Waals surface area contributed by atoms with Crippen molar-refractivity contribution in [3.8, 4) is 11.5 Å². The van der Waals surface area contributed by atoms with E-state index in [0.717, 1.165) is 31.7 Å². The standard InChI is InChI=1S/C17H24N2O3.ClH/c1-21-16-8-13(17(20)19-11-12-9-18-10-12)6-7-15(16)22-14-4-2-3-5-14;/h6-8,12,14,18H,2-5,9-11H2,1H3,(H,19,20);1H. The van der Waals surface area contributed by atoms with Crippen LogP contribution in [0.3, 0.4) is 0 Å². The SMILES string of the molecule is COc1cc(C(=O)NCC2CNC2)ccc1OC1CCCC1.Cl. The predicted molar refractivity (Wildman–Crippen MR) is 91.8 cm³/mol. The summed E-state index contributed by atoms with van der Waals surface area (Å²) in [6.45, 7) is 2.68. The highest BCUT2D eigenvalue weighted by Crippen LogP contribution is 2.32. The maximum Gasteiger partial charge on any atom is 0.251 e. The summed E-state index contributed by atoms with van der Waals surface area (Å²) >= 11 is 0. The zero-order valence-corrected chi connectivity index (χ0v) is 14.3. The van der Waals surface area contributed by atoms with Gasteiger partial charge in [-0.25, -0.2) is 0 Å². The summed E-state index contributed by atoms with van der Waals surface area (Å²) in [4.78, 5) is 12.2. The molecule has 6 heteroatoms. The maximum absolute atomic E-state index is 12.2. The van der Waals surface area contributed by atoms with Gasteiger partial charge in [-0.2, -0.15) is 0 Å². The fourth-order valence-corrected chi connectivity index (χ4v) is 2.92. The van der Waals surface area contributed by atoms with Crippen LogP contribution in [0.5, 0.6) is 11.5 Å². The van der Waals surface area contributed by atoms with Gasteiger partial charge in [0.05, 0.1) is 13.2 Å². The molecular formula is C17H25ClN2O3. The monoisotopic (exact) mass is 340 g/mol. The first-order valence-electron chi connectivity index (χ1n) is 8.10. The van der Waals surface area contributed by atoms with Crippen molar-refractivity contribution in [3.63, 3.8) is 0 Å². The number of hydrogen-bond donors (Lipinski definition) is 2. The molecule has 0 bridgehead atoms. The molecule has 1 aromatic carbocycles. The number of benzene rings is 1. The highest BCUT2D eigenvalue weighted by atomic mass is 35.5. The van der Waals surface area contributed by atoms with Gasteiger partial charge in [0.25, 0.3) is 5.91 Å². The molecular weight excluding hydrogens is 316 g/mol. The number of halogens is 1. The van der Waals surface area contributed by atoms with Crippen molar-refractivity contribution in [1.82, 2.24) is 10.6 Å². The topological polar surface area (TPSA) is 59.6 Å². The van der Waals surface area contributed by atoms with E-state index < -0.39 is 0 Å². The summed E-state index contributed by atoms with van der Waals surface area (Å²) in [6, 6.07) is 5.41. The van der Waals surface area contributed by atoms with E-state index in [4.69, 9.17) is 9.47 Å². The summed E-state index contributed by atoms with van der Waals surface area (Å²) in [5.74, 6) is 1.85. The first kappa shape index (κ1) is 17.9. The molecule has 1 saturated heterocycles. The number of amides is 1. The highest BCUT2D eigenvalue weighted by Gasteiger charge is 2.20. The second-order valence-electron chi connectivity index (χ2n) is 6.12. The Kier molecular flexibility index (Phi) is 6.54. The molecule has 23 heavy (non-hydrogen) atoms. The second-order valence-corrected chi connectivity index (χ2v) is 6.12. The van der Waals surface area contributed by atoms with E-state index in [0.29, 0.717) is 23.8 Å². The minimum Gasteiger partial charge on any atom is -0.493 e. The number of rotatable bonds is 6. The summed E-state index contributed by atoms with van der Waals surface area (Å²) in [5, 5.41) is 6.17. The zero-order valence-electron chi connectivity index (χ0n) is 13.5. The molecule has 1 amide bonds. The summed E-state index contributed by atoms with van der Waals surface area (Å²) < 4.78 is 11.4. The van der Waals surface area contributed by atoms with Gasteiger partial charge < -0.3 is 20.1 Å². The third kappa shape index (κ3) is 4.52. The summed E-state index contributed by atoms with van der Waals surface area (Å²) in [7, 11) is 1.61. The van der Waals surface area contributed by atoms with Crippen molar-refractivity contribution >= 4 is 18.3 Å². The molecule has 2 aliphatic rings. The van der Waals surface area contributed by atoms with Crippen LogP contribution in [0.2, 0.25) is 0 Å². The van der Waals surface area contributed by atoms with E-state index in [1.165, 1.54) is 12.8 Å². The van der Waals surface area contributed by atoms with E-state index in [-0.39, 0.29) is 24.4 Å². The first-order valence-corrected chi connectivity index (χ1v) is 8.10. The van der Waals surface area contributed by atoms with E-state index in [1.807, 2.05) is 6.07 Å². The summed E-state index contributed by atoms with van der Waals surface area (Å²) in [5.41, 5.74) is 0.614. The van der Waals surface area contributed by atoms with Crippen LogP contribution < -0.4 is 20.1 Å². The number of carbonyl (C=O) groups is 1. The Bertz CT molecular complexity index is 529. The molecule has 0 aromatic heterocycles. The molecule has 0 unspecified atom stereocenters. The van der Waals surface area contributed by atoms with Gasteiger partial charge in [0.2, 0.25) is 0 Å². The Hall–Kier alpha value is -1.46. The predicted octanol–water partition coefficient (Wildman–Crippen LogP) is 2.39. The van der Waals surface area contributed by atoms with Crippen LogP contribution in [0.25, 0.3) is 0 Å². The molecule has 0 spiro atoms. The Morgan fingerprint density at radius 3 is 2.61 bits per heavy atom. The number of ether oxygens (including phenoxy) is 2. The number of carbonyl (C=O) groups excluding carboxylic acids is 1. The Morgan fingerprint density at radius 1 is 1.26 bits per heavy atom. The Labute approximate surface area is 143 Å². The van der Waals surface area contributed by atoms with Gasteiger partial charge >= 0.3 is 0 Å². The molecule has 2 N–H and O–H groups in total. The van der Waals surface area contributed by atoms with E-state index in [9.17, 15) is 4.79 Å². The molecule has 1 heterocycles.